The number of unbranched alkanes of at least 4 members (excludes halogenated alkanes) is 5. The van der Waals surface area contributed by atoms with Crippen molar-refractivity contribution in [2.24, 2.45) is 0 Å². The monoisotopic (exact) mass is 244 g/mol. The van der Waals surface area contributed by atoms with E-state index in [9.17, 15) is 0 Å². The van der Waals surface area contributed by atoms with Crippen LogP contribution in [0.15, 0.2) is 0 Å². The number of hydrogen-bond donors (Lipinski definition) is 0. The average Bonchev–Trinajstić information content (AvgIpc) is 2.62. The summed E-state index contributed by atoms with van der Waals surface area (Å²) in [4.78, 5) is 0. The molecule has 1 heterocycles. The molecule has 0 aliphatic carbocycles. The van der Waals surface area contributed by atoms with Crippen LogP contribution in [0, 0.1) is 0 Å². The molecule has 1 saturated heterocycles. The van der Waals surface area contributed by atoms with Gasteiger partial charge in [-0.2, -0.15) is 0 Å². The van der Waals surface area contributed by atoms with Gasteiger partial charge in [-0.3, -0.25) is 0 Å². The van der Waals surface area contributed by atoms with Gasteiger partial charge in [0, 0.05) is 6.61 Å². The predicted molar refractivity (Wildman–Crippen MR) is 69.1 cm³/mol. The largest absolute Gasteiger partial charge is 0.379 e. The summed E-state index contributed by atoms with van der Waals surface area (Å²) in [7, 11) is 0. The van der Waals surface area contributed by atoms with Gasteiger partial charge in [0.15, 0.2) is 5.79 Å². The highest BCUT2D eigenvalue weighted by atomic mass is 16.7. The van der Waals surface area contributed by atoms with E-state index in [0.29, 0.717) is 13.2 Å². The second-order valence-corrected chi connectivity index (χ2v) is 5.29. The van der Waals surface area contributed by atoms with E-state index in [0.717, 1.165) is 6.61 Å². The van der Waals surface area contributed by atoms with Crippen LogP contribution in [-0.2, 0) is 14.2 Å². The number of rotatable bonds is 9. The molecule has 0 radical (unpaired) electrons. The molecule has 0 amide bonds. The highest BCUT2D eigenvalue weighted by Gasteiger charge is 2.32. The SMILES string of the molecule is CCCCCCCCOCC1COC(C)(C)O1. The van der Waals surface area contributed by atoms with Gasteiger partial charge in [-0.05, 0) is 20.3 Å². The maximum Gasteiger partial charge on any atom is 0.163 e. The van der Waals surface area contributed by atoms with Gasteiger partial charge < -0.3 is 14.2 Å². The van der Waals surface area contributed by atoms with Crippen LogP contribution in [0.4, 0.5) is 0 Å². The second kappa shape index (κ2) is 8.06. The summed E-state index contributed by atoms with van der Waals surface area (Å²) in [6.45, 7) is 8.31. The minimum Gasteiger partial charge on any atom is -0.379 e. The van der Waals surface area contributed by atoms with E-state index < -0.39 is 5.79 Å². The van der Waals surface area contributed by atoms with Crippen LogP contribution in [0.25, 0.3) is 0 Å². The van der Waals surface area contributed by atoms with Gasteiger partial charge in [-0.15, -0.1) is 0 Å². The Morgan fingerprint density at radius 2 is 1.82 bits per heavy atom. The van der Waals surface area contributed by atoms with Crippen LogP contribution < -0.4 is 0 Å². The molecule has 1 rings (SSSR count). The van der Waals surface area contributed by atoms with E-state index in [1.807, 2.05) is 13.8 Å². The summed E-state index contributed by atoms with van der Waals surface area (Å²) in [5.41, 5.74) is 0. The third-order valence-corrected chi connectivity index (χ3v) is 3.01. The van der Waals surface area contributed by atoms with Crippen molar-refractivity contribution in [2.75, 3.05) is 19.8 Å². The van der Waals surface area contributed by atoms with Crippen molar-refractivity contribution < 1.29 is 14.2 Å². The van der Waals surface area contributed by atoms with Gasteiger partial charge in [0.1, 0.15) is 6.10 Å². The first-order chi connectivity index (χ1) is 8.14. The second-order valence-electron chi connectivity index (χ2n) is 5.29. The van der Waals surface area contributed by atoms with E-state index in [1.165, 1.54) is 38.5 Å². The average molecular weight is 244 g/mol. The van der Waals surface area contributed by atoms with Gasteiger partial charge >= 0.3 is 0 Å². The fraction of sp³-hybridized carbons (Fsp3) is 1.00. The quantitative estimate of drug-likeness (QED) is 0.581. The van der Waals surface area contributed by atoms with Gasteiger partial charge in [-0.1, -0.05) is 39.0 Å². The third kappa shape index (κ3) is 7.02. The normalized spacial score (nSPS) is 23.1. The lowest BCUT2D eigenvalue weighted by Gasteiger charge is -2.17. The standard InChI is InChI=1S/C14H28O3/c1-4-5-6-7-8-9-10-15-11-13-12-16-14(2,3)17-13/h13H,4-12H2,1-3H3. The van der Waals surface area contributed by atoms with Crippen LogP contribution in [0.5, 0.6) is 0 Å². The van der Waals surface area contributed by atoms with Gasteiger partial charge in [0.2, 0.25) is 0 Å². The van der Waals surface area contributed by atoms with Crippen molar-refractivity contribution in [2.45, 2.75) is 71.2 Å². The Bertz CT molecular complexity index is 192. The maximum atomic E-state index is 5.66. The molecule has 1 aliphatic rings. The van der Waals surface area contributed by atoms with E-state index in [2.05, 4.69) is 6.92 Å². The highest BCUT2D eigenvalue weighted by molar-refractivity contribution is 4.70. The summed E-state index contributed by atoms with van der Waals surface area (Å²) in [5, 5.41) is 0. The molecule has 0 aromatic rings. The fourth-order valence-corrected chi connectivity index (χ4v) is 2.04. The Balaban J connectivity index is 1.85. The molecule has 0 saturated carbocycles. The van der Waals surface area contributed by atoms with E-state index >= 15 is 0 Å². The molecule has 1 atom stereocenters. The summed E-state index contributed by atoms with van der Waals surface area (Å²) >= 11 is 0. The van der Waals surface area contributed by atoms with Gasteiger partial charge in [-0.25, -0.2) is 0 Å². The molecular formula is C14H28O3. The molecule has 0 spiro atoms. The lowest BCUT2D eigenvalue weighted by atomic mass is 10.1. The van der Waals surface area contributed by atoms with E-state index in [1.54, 1.807) is 0 Å². The molecule has 0 aromatic carbocycles. The zero-order valence-electron chi connectivity index (χ0n) is 11.7. The highest BCUT2D eigenvalue weighted by Crippen LogP contribution is 2.22. The smallest absolute Gasteiger partial charge is 0.163 e. The van der Waals surface area contributed by atoms with Crippen LogP contribution in [-0.4, -0.2) is 31.7 Å². The van der Waals surface area contributed by atoms with Crippen molar-refractivity contribution in [3.05, 3.63) is 0 Å². The minimum absolute atomic E-state index is 0.116. The molecule has 3 heteroatoms. The zero-order valence-corrected chi connectivity index (χ0v) is 11.7. The summed E-state index contributed by atoms with van der Waals surface area (Å²) in [6, 6.07) is 0. The van der Waals surface area contributed by atoms with Crippen molar-refractivity contribution in [3.63, 3.8) is 0 Å². The first-order valence-corrected chi connectivity index (χ1v) is 7.03. The minimum atomic E-state index is -0.422. The summed E-state index contributed by atoms with van der Waals surface area (Å²) in [5.74, 6) is -0.422. The fourth-order valence-electron chi connectivity index (χ4n) is 2.04. The van der Waals surface area contributed by atoms with Gasteiger partial charge in [0.25, 0.3) is 0 Å². The first kappa shape index (κ1) is 14.9. The van der Waals surface area contributed by atoms with E-state index in [-0.39, 0.29) is 6.10 Å². The first-order valence-electron chi connectivity index (χ1n) is 7.03. The molecule has 0 aromatic heterocycles. The molecule has 3 nitrogen and oxygen atoms in total. The number of hydrogen-bond acceptors (Lipinski definition) is 3. The lowest BCUT2D eigenvalue weighted by Crippen LogP contribution is -2.24. The molecule has 17 heavy (non-hydrogen) atoms. The molecule has 102 valence electrons. The molecule has 1 aliphatic heterocycles. The molecular weight excluding hydrogens is 216 g/mol. The van der Waals surface area contributed by atoms with Crippen LogP contribution in [0.2, 0.25) is 0 Å². The zero-order chi connectivity index (χ0) is 12.6. The Labute approximate surface area is 106 Å². The molecule has 0 bridgehead atoms. The Morgan fingerprint density at radius 1 is 1.12 bits per heavy atom. The maximum absolute atomic E-state index is 5.66. The topological polar surface area (TPSA) is 27.7 Å². The van der Waals surface area contributed by atoms with Crippen molar-refractivity contribution in [3.8, 4) is 0 Å². The third-order valence-electron chi connectivity index (χ3n) is 3.01. The van der Waals surface area contributed by atoms with Crippen molar-refractivity contribution >= 4 is 0 Å². The van der Waals surface area contributed by atoms with Crippen LogP contribution in [0.1, 0.15) is 59.3 Å². The van der Waals surface area contributed by atoms with Gasteiger partial charge in [0.05, 0.1) is 13.2 Å². The predicted octanol–water partition coefficient (Wildman–Crippen LogP) is 3.52. The Hall–Kier alpha value is -0.120. The summed E-state index contributed by atoms with van der Waals surface area (Å²) in [6.07, 6.45) is 7.95. The Kier molecular flexibility index (Phi) is 7.09. The van der Waals surface area contributed by atoms with Crippen LogP contribution >= 0.6 is 0 Å². The number of ether oxygens (including phenoxy) is 3. The van der Waals surface area contributed by atoms with E-state index in [4.69, 9.17) is 14.2 Å². The lowest BCUT2D eigenvalue weighted by molar-refractivity contribution is -0.145. The molecule has 0 N–H and O–H groups in total. The molecule has 1 fully saturated rings. The molecule has 1 unspecified atom stereocenters. The summed E-state index contributed by atoms with van der Waals surface area (Å²) < 4.78 is 16.7. The van der Waals surface area contributed by atoms with Crippen molar-refractivity contribution in [1.82, 2.24) is 0 Å². The van der Waals surface area contributed by atoms with Crippen LogP contribution in [0.3, 0.4) is 0 Å². The Morgan fingerprint density at radius 3 is 2.47 bits per heavy atom. The van der Waals surface area contributed by atoms with Crippen molar-refractivity contribution in [1.29, 1.82) is 0 Å².